The van der Waals surface area contributed by atoms with Gasteiger partial charge in [-0.05, 0) is 31.4 Å². The van der Waals surface area contributed by atoms with Crippen LogP contribution in [-0.4, -0.2) is 54.5 Å². The topological polar surface area (TPSA) is 49.6 Å². The van der Waals surface area contributed by atoms with Crippen LogP contribution in [0.5, 0.6) is 0 Å². The number of rotatable bonds is 5. The number of likely N-dealkylation sites (N-methyl/N-ethyl adjacent to an activating group) is 1. The summed E-state index contributed by atoms with van der Waals surface area (Å²) in [5, 5.41) is 0. The van der Waals surface area contributed by atoms with Crippen molar-refractivity contribution in [3.63, 3.8) is 0 Å². The van der Waals surface area contributed by atoms with Gasteiger partial charge in [-0.2, -0.15) is 0 Å². The van der Waals surface area contributed by atoms with Crippen molar-refractivity contribution in [2.75, 3.05) is 26.7 Å². The molecular weight excluding hydrogens is 262 g/mol. The van der Waals surface area contributed by atoms with E-state index in [9.17, 15) is 4.79 Å². The molecule has 1 saturated heterocycles. The summed E-state index contributed by atoms with van der Waals surface area (Å²) < 4.78 is 0. The predicted octanol–water partition coefficient (Wildman–Crippen LogP) is 1.50. The summed E-state index contributed by atoms with van der Waals surface area (Å²) >= 11 is 0. The van der Waals surface area contributed by atoms with Crippen molar-refractivity contribution in [1.29, 1.82) is 0 Å². The standard InChI is InChI=1S/C17H27N3O/c1-3-20-11-9-15(10-12-20)19(2)17(21)16(18)13-14-7-5-4-6-8-14/h4-8,15-16H,3,9-13,18H2,1-2H3/t16-/m1/s1. The van der Waals surface area contributed by atoms with Crippen molar-refractivity contribution in [2.24, 2.45) is 5.73 Å². The first-order valence-corrected chi connectivity index (χ1v) is 7.90. The van der Waals surface area contributed by atoms with Gasteiger partial charge in [0.15, 0.2) is 0 Å². The zero-order chi connectivity index (χ0) is 15.2. The van der Waals surface area contributed by atoms with E-state index in [1.165, 1.54) is 0 Å². The van der Waals surface area contributed by atoms with E-state index in [1.807, 2.05) is 42.3 Å². The molecule has 2 rings (SSSR count). The van der Waals surface area contributed by atoms with Gasteiger partial charge in [0.05, 0.1) is 6.04 Å². The first kappa shape index (κ1) is 16.0. The van der Waals surface area contributed by atoms with E-state index in [-0.39, 0.29) is 5.91 Å². The third-order valence-electron chi connectivity index (χ3n) is 4.52. The van der Waals surface area contributed by atoms with Crippen molar-refractivity contribution in [2.45, 2.75) is 38.3 Å². The van der Waals surface area contributed by atoms with Crippen molar-refractivity contribution >= 4 is 5.91 Å². The van der Waals surface area contributed by atoms with Crippen LogP contribution in [0.4, 0.5) is 0 Å². The van der Waals surface area contributed by atoms with Gasteiger partial charge < -0.3 is 15.5 Å². The molecule has 1 aromatic carbocycles. The molecule has 0 aliphatic carbocycles. The average molecular weight is 289 g/mol. The van der Waals surface area contributed by atoms with Crippen molar-refractivity contribution in [1.82, 2.24) is 9.80 Å². The zero-order valence-electron chi connectivity index (χ0n) is 13.2. The van der Waals surface area contributed by atoms with Crippen LogP contribution < -0.4 is 5.73 Å². The van der Waals surface area contributed by atoms with E-state index in [1.54, 1.807) is 0 Å². The minimum absolute atomic E-state index is 0.0637. The summed E-state index contributed by atoms with van der Waals surface area (Å²) in [5.74, 6) is 0.0637. The second-order valence-electron chi connectivity index (χ2n) is 5.91. The van der Waals surface area contributed by atoms with Crippen molar-refractivity contribution < 1.29 is 4.79 Å². The summed E-state index contributed by atoms with van der Waals surface area (Å²) in [6.07, 6.45) is 2.71. The monoisotopic (exact) mass is 289 g/mol. The number of amides is 1. The maximum absolute atomic E-state index is 12.5. The van der Waals surface area contributed by atoms with E-state index in [0.29, 0.717) is 12.5 Å². The molecule has 0 aromatic heterocycles. The van der Waals surface area contributed by atoms with Crippen LogP contribution in [-0.2, 0) is 11.2 Å². The summed E-state index contributed by atoms with van der Waals surface area (Å²) in [6, 6.07) is 9.88. The number of nitrogens with zero attached hydrogens (tertiary/aromatic N) is 2. The third kappa shape index (κ3) is 4.29. The van der Waals surface area contributed by atoms with Gasteiger partial charge >= 0.3 is 0 Å². The highest BCUT2D eigenvalue weighted by Crippen LogP contribution is 2.16. The van der Waals surface area contributed by atoms with E-state index in [0.717, 1.165) is 38.0 Å². The first-order chi connectivity index (χ1) is 10.1. The van der Waals surface area contributed by atoms with Crippen LogP contribution >= 0.6 is 0 Å². The fourth-order valence-electron chi connectivity index (χ4n) is 3.02. The Labute approximate surface area is 127 Å². The molecule has 0 spiro atoms. The first-order valence-electron chi connectivity index (χ1n) is 7.90. The van der Waals surface area contributed by atoms with Crippen LogP contribution in [0.2, 0.25) is 0 Å². The summed E-state index contributed by atoms with van der Waals surface area (Å²) in [5.41, 5.74) is 7.23. The Hall–Kier alpha value is -1.39. The van der Waals surface area contributed by atoms with Crippen LogP contribution in [0.1, 0.15) is 25.3 Å². The van der Waals surface area contributed by atoms with Gasteiger partial charge in [-0.3, -0.25) is 4.79 Å². The quantitative estimate of drug-likeness (QED) is 0.893. The molecule has 21 heavy (non-hydrogen) atoms. The number of carbonyl (C=O) groups excluding carboxylic acids is 1. The Morgan fingerprint density at radius 2 is 1.95 bits per heavy atom. The molecule has 2 N–H and O–H groups in total. The molecule has 4 heteroatoms. The molecule has 0 bridgehead atoms. The van der Waals surface area contributed by atoms with Crippen molar-refractivity contribution in [3.8, 4) is 0 Å². The lowest BCUT2D eigenvalue weighted by Gasteiger charge is -2.37. The highest BCUT2D eigenvalue weighted by molar-refractivity contribution is 5.82. The molecule has 1 atom stereocenters. The normalized spacial score (nSPS) is 18.4. The molecule has 0 radical (unpaired) electrons. The fraction of sp³-hybridized carbons (Fsp3) is 0.588. The van der Waals surface area contributed by atoms with Crippen molar-refractivity contribution in [3.05, 3.63) is 35.9 Å². The summed E-state index contributed by atoms with van der Waals surface area (Å²) in [7, 11) is 1.90. The van der Waals surface area contributed by atoms with Crippen LogP contribution in [0.15, 0.2) is 30.3 Å². The fourth-order valence-corrected chi connectivity index (χ4v) is 3.02. The minimum Gasteiger partial charge on any atom is -0.341 e. The molecule has 1 fully saturated rings. The Balaban J connectivity index is 1.87. The highest BCUT2D eigenvalue weighted by atomic mass is 16.2. The summed E-state index contributed by atoms with van der Waals surface area (Å²) in [6.45, 7) is 5.43. The average Bonchev–Trinajstić information content (AvgIpc) is 2.54. The second-order valence-corrected chi connectivity index (χ2v) is 5.91. The number of carbonyl (C=O) groups is 1. The Morgan fingerprint density at radius 1 is 1.33 bits per heavy atom. The van der Waals surface area contributed by atoms with E-state index < -0.39 is 6.04 Å². The van der Waals surface area contributed by atoms with Gasteiger partial charge in [0.25, 0.3) is 0 Å². The van der Waals surface area contributed by atoms with Crippen LogP contribution in [0.3, 0.4) is 0 Å². The molecule has 0 saturated carbocycles. The number of piperidine rings is 1. The molecule has 1 amide bonds. The lowest BCUT2D eigenvalue weighted by molar-refractivity contribution is -0.134. The van der Waals surface area contributed by atoms with E-state index in [2.05, 4.69) is 11.8 Å². The largest absolute Gasteiger partial charge is 0.341 e. The zero-order valence-corrected chi connectivity index (χ0v) is 13.2. The van der Waals surface area contributed by atoms with Gasteiger partial charge in [-0.25, -0.2) is 0 Å². The second kappa shape index (κ2) is 7.57. The maximum Gasteiger partial charge on any atom is 0.239 e. The summed E-state index contributed by atoms with van der Waals surface area (Å²) in [4.78, 5) is 16.8. The molecular formula is C17H27N3O. The molecule has 1 aliphatic heterocycles. The van der Waals surface area contributed by atoms with Crippen LogP contribution in [0.25, 0.3) is 0 Å². The van der Waals surface area contributed by atoms with Crippen LogP contribution in [0, 0.1) is 0 Å². The van der Waals surface area contributed by atoms with E-state index in [4.69, 9.17) is 5.73 Å². The maximum atomic E-state index is 12.5. The Kier molecular flexibility index (Phi) is 5.76. The third-order valence-corrected chi connectivity index (χ3v) is 4.52. The minimum atomic E-state index is -0.443. The number of hydrogen-bond acceptors (Lipinski definition) is 3. The van der Waals surface area contributed by atoms with E-state index >= 15 is 0 Å². The van der Waals surface area contributed by atoms with Gasteiger partial charge in [-0.1, -0.05) is 37.3 Å². The number of hydrogen-bond donors (Lipinski definition) is 1. The highest BCUT2D eigenvalue weighted by Gasteiger charge is 2.27. The lowest BCUT2D eigenvalue weighted by atomic mass is 10.0. The SMILES string of the molecule is CCN1CCC(N(C)C(=O)[C@H](N)Cc2ccccc2)CC1. The molecule has 0 unspecified atom stereocenters. The van der Waals surface area contributed by atoms with Gasteiger partial charge in [-0.15, -0.1) is 0 Å². The molecule has 1 heterocycles. The molecule has 1 aromatic rings. The predicted molar refractivity (Wildman–Crippen MR) is 86.0 cm³/mol. The molecule has 4 nitrogen and oxygen atoms in total. The molecule has 1 aliphatic rings. The number of nitrogens with two attached hydrogens (primary N) is 1. The number of likely N-dealkylation sites (tertiary alicyclic amines) is 1. The Bertz CT molecular complexity index is 441. The number of benzene rings is 1. The smallest absolute Gasteiger partial charge is 0.239 e. The van der Waals surface area contributed by atoms with Gasteiger partial charge in [0.1, 0.15) is 0 Å². The Morgan fingerprint density at radius 3 is 2.52 bits per heavy atom. The lowest BCUT2D eigenvalue weighted by Crippen LogP contribution is -2.51. The van der Waals surface area contributed by atoms with Gasteiger partial charge in [0, 0.05) is 26.2 Å². The van der Waals surface area contributed by atoms with Gasteiger partial charge in [0.2, 0.25) is 5.91 Å². The molecule has 116 valence electrons.